The fourth-order valence-electron chi connectivity index (χ4n) is 3.95. The number of nitrogens with one attached hydrogen (secondary N) is 1. The number of nitrogens with zero attached hydrogens (tertiary/aromatic N) is 2. The lowest BCUT2D eigenvalue weighted by atomic mass is 10.0. The summed E-state index contributed by atoms with van der Waals surface area (Å²) >= 11 is 1.36. The lowest BCUT2D eigenvalue weighted by molar-refractivity contribution is -0.116. The summed E-state index contributed by atoms with van der Waals surface area (Å²) in [6.45, 7) is 0.205. The van der Waals surface area contributed by atoms with Crippen molar-refractivity contribution in [2.75, 3.05) is 11.9 Å². The average Bonchev–Trinajstić information content (AvgIpc) is 3.43. The molecule has 1 aliphatic rings. The molecule has 0 unspecified atom stereocenters. The van der Waals surface area contributed by atoms with Crippen LogP contribution in [0.1, 0.15) is 33.6 Å². The number of imide groups is 1. The number of anilines is 1. The van der Waals surface area contributed by atoms with Gasteiger partial charge >= 0.3 is 0 Å². The van der Waals surface area contributed by atoms with Crippen molar-refractivity contribution in [3.8, 4) is 22.4 Å². The first-order chi connectivity index (χ1) is 16.6. The zero-order chi connectivity index (χ0) is 23.5. The van der Waals surface area contributed by atoms with E-state index in [1.807, 2.05) is 35.7 Å². The molecule has 0 atom stereocenters. The molecule has 4 aromatic rings. The molecule has 6 nitrogen and oxygen atoms in total. The number of aromatic nitrogens is 1. The number of rotatable bonds is 7. The van der Waals surface area contributed by atoms with Crippen molar-refractivity contribution in [3.05, 3.63) is 95.4 Å². The van der Waals surface area contributed by atoms with Crippen molar-refractivity contribution in [2.24, 2.45) is 0 Å². The standard InChI is InChI=1S/C27H21N3O3S/c31-24(11-6-16-30-25(32)21-9-4-5-10-22(21)26(30)33)29-27-28-23(17-34-27)20-14-12-19(13-15-20)18-7-2-1-3-8-18/h1-5,7-10,12-15,17H,6,11,16H2,(H,28,29,31). The van der Waals surface area contributed by atoms with Crippen LogP contribution in [0.25, 0.3) is 22.4 Å². The first-order valence-electron chi connectivity index (χ1n) is 11.0. The fraction of sp³-hybridized carbons (Fsp3) is 0.111. The van der Waals surface area contributed by atoms with Gasteiger partial charge in [0, 0.05) is 23.9 Å². The topological polar surface area (TPSA) is 79.4 Å². The van der Waals surface area contributed by atoms with Crippen molar-refractivity contribution in [2.45, 2.75) is 12.8 Å². The number of amides is 3. The Morgan fingerprint density at radius 1 is 0.794 bits per heavy atom. The summed E-state index contributed by atoms with van der Waals surface area (Å²) in [6.07, 6.45) is 0.574. The van der Waals surface area contributed by atoms with Crippen LogP contribution in [0, 0.1) is 0 Å². The third-order valence-electron chi connectivity index (χ3n) is 5.70. The second-order valence-electron chi connectivity index (χ2n) is 7.94. The molecule has 1 aromatic heterocycles. The maximum absolute atomic E-state index is 12.4. The lowest BCUT2D eigenvalue weighted by Crippen LogP contribution is -2.31. The van der Waals surface area contributed by atoms with E-state index >= 15 is 0 Å². The maximum atomic E-state index is 12.4. The van der Waals surface area contributed by atoms with Gasteiger partial charge in [0.25, 0.3) is 11.8 Å². The molecule has 0 aliphatic carbocycles. The molecule has 2 heterocycles. The van der Waals surface area contributed by atoms with Crippen LogP contribution in [-0.4, -0.2) is 34.2 Å². The number of carbonyl (C=O) groups excluding carboxylic acids is 3. The van der Waals surface area contributed by atoms with Gasteiger partial charge in [-0.3, -0.25) is 19.3 Å². The molecule has 0 fully saturated rings. The SMILES string of the molecule is O=C(CCCN1C(=O)c2ccccc2C1=O)Nc1nc(-c2ccc(-c3ccccc3)cc2)cs1. The smallest absolute Gasteiger partial charge is 0.261 e. The third-order valence-corrected chi connectivity index (χ3v) is 6.46. The normalized spacial score (nSPS) is 12.6. The van der Waals surface area contributed by atoms with Gasteiger partial charge in [0.1, 0.15) is 0 Å². The molecule has 0 saturated heterocycles. The Labute approximate surface area is 200 Å². The van der Waals surface area contributed by atoms with E-state index in [9.17, 15) is 14.4 Å². The highest BCUT2D eigenvalue weighted by molar-refractivity contribution is 7.14. The molecule has 0 bridgehead atoms. The van der Waals surface area contributed by atoms with Gasteiger partial charge in [0.15, 0.2) is 5.13 Å². The number of thiazole rings is 1. The van der Waals surface area contributed by atoms with E-state index in [2.05, 4.69) is 34.6 Å². The van der Waals surface area contributed by atoms with Gasteiger partial charge in [0.2, 0.25) is 5.91 Å². The number of hydrogen-bond acceptors (Lipinski definition) is 5. The maximum Gasteiger partial charge on any atom is 0.261 e. The molecule has 3 amide bonds. The number of fused-ring (bicyclic) bond motifs is 1. The molecule has 0 radical (unpaired) electrons. The molecule has 3 aromatic carbocycles. The summed E-state index contributed by atoms with van der Waals surface area (Å²) in [5.41, 5.74) is 4.90. The van der Waals surface area contributed by atoms with Gasteiger partial charge in [0.05, 0.1) is 16.8 Å². The molecule has 5 rings (SSSR count). The Balaban J connectivity index is 1.14. The Morgan fingerprint density at radius 2 is 1.38 bits per heavy atom. The number of hydrogen-bond donors (Lipinski definition) is 1. The lowest BCUT2D eigenvalue weighted by Gasteiger charge is -2.13. The first kappa shape index (κ1) is 21.7. The van der Waals surface area contributed by atoms with Gasteiger partial charge in [-0.05, 0) is 29.7 Å². The number of carbonyl (C=O) groups is 3. The van der Waals surface area contributed by atoms with Crippen LogP contribution < -0.4 is 5.32 Å². The minimum absolute atomic E-state index is 0.189. The van der Waals surface area contributed by atoms with Crippen LogP contribution in [0.4, 0.5) is 5.13 Å². The Kier molecular flexibility index (Phi) is 6.01. The van der Waals surface area contributed by atoms with Crippen molar-refractivity contribution in [1.29, 1.82) is 0 Å². The third kappa shape index (κ3) is 4.38. The van der Waals surface area contributed by atoms with Crippen LogP contribution in [0.5, 0.6) is 0 Å². The van der Waals surface area contributed by atoms with E-state index in [0.29, 0.717) is 22.7 Å². The summed E-state index contributed by atoms with van der Waals surface area (Å²) in [6, 6.07) is 25.1. The van der Waals surface area contributed by atoms with Gasteiger partial charge in [-0.15, -0.1) is 11.3 Å². The first-order valence-corrected chi connectivity index (χ1v) is 11.8. The molecule has 1 N–H and O–H groups in total. The quantitative estimate of drug-likeness (QED) is 0.365. The van der Waals surface area contributed by atoms with Crippen molar-refractivity contribution in [1.82, 2.24) is 9.88 Å². The molecule has 1 aliphatic heterocycles. The molecular weight excluding hydrogens is 446 g/mol. The van der Waals surface area contributed by atoms with Crippen LogP contribution in [0.3, 0.4) is 0 Å². The van der Waals surface area contributed by atoms with Crippen molar-refractivity contribution >= 4 is 34.2 Å². The minimum Gasteiger partial charge on any atom is -0.302 e. The second-order valence-corrected chi connectivity index (χ2v) is 8.80. The van der Waals surface area contributed by atoms with E-state index in [1.165, 1.54) is 16.2 Å². The van der Waals surface area contributed by atoms with Crippen molar-refractivity contribution in [3.63, 3.8) is 0 Å². The number of benzene rings is 3. The van der Waals surface area contributed by atoms with Gasteiger partial charge < -0.3 is 5.32 Å². The van der Waals surface area contributed by atoms with Crippen LogP contribution in [-0.2, 0) is 4.79 Å². The average molecular weight is 468 g/mol. The highest BCUT2D eigenvalue weighted by Gasteiger charge is 2.34. The molecule has 168 valence electrons. The minimum atomic E-state index is -0.302. The van der Waals surface area contributed by atoms with E-state index in [1.54, 1.807) is 24.3 Å². The predicted octanol–water partition coefficient (Wildman–Crippen LogP) is 5.49. The summed E-state index contributed by atoms with van der Waals surface area (Å²) in [4.78, 5) is 42.9. The zero-order valence-electron chi connectivity index (χ0n) is 18.2. The Morgan fingerprint density at radius 3 is 2.06 bits per heavy atom. The molecule has 7 heteroatoms. The van der Waals surface area contributed by atoms with Gasteiger partial charge in [-0.2, -0.15) is 0 Å². The van der Waals surface area contributed by atoms with Crippen LogP contribution >= 0.6 is 11.3 Å². The highest BCUT2D eigenvalue weighted by Crippen LogP contribution is 2.28. The van der Waals surface area contributed by atoms with Crippen LogP contribution in [0.2, 0.25) is 0 Å². The van der Waals surface area contributed by atoms with Crippen molar-refractivity contribution < 1.29 is 14.4 Å². The van der Waals surface area contributed by atoms with E-state index < -0.39 is 0 Å². The monoisotopic (exact) mass is 467 g/mol. The van der Waals surface area contributed by atoms with E-state index in [-0.39, 0.29) is 30.7 Å². The Bertz CT molecular complexity index is 1330. The summed E-state index contributed by atoms with van der Waals surface area (Å²) in [7, 11) is 0. The summed E-state index contributed by atoms with van der Waals surface area (Å²) in [5.74, 6) is -0.801. The molecule has 0 spiro atoms. The second kappa shape index (κ2) is 9.41. The molecular formula is C27H21N3O3S. The Hall–Kier alpha value is -4.10. The van der Waals surface area contributed by atoms with E-state index in [0.717, 1.165) is 22.4 Å². The fourth-order valence-corrected chi connectivity index (χ4v) is 4.69. The summed E-state index contributed by atoms with van der Waals surface area (Å²) < 4.78 is 0. The zero-order valence-corrected chi connectivity index (χ0v) is 19.0. The van der Waals surface area contributed by atoms with E-state index in [4.69, 9.17) is 0 Å². The van der Waals surface area contributed by atoms with Gasteiger partial charge in [-0.1, -0.05) is 66.7 Å². The molecule has 34 heavy (non-hydrogen) atoms. The predicted molar refractivity (Wildman–Crippen MR) is 133 cm³/mol. The summed E-state index contributed by atoms with van der Waals surface area (Å²) in [5, 5.41) is 5.24. The highest BCUT2D eigenvalue weighted by atomic mass is 32.1. The molecule has 0 saturated carbocycles. The van der Waals surface area contributed by atoms with Crippen LogP contribution in [0.15, 0.2) is 84.2 Å². The largest absolute Gasteiger partial charge is 0.302 e. The van der Waals surface area contributed by atoms with Gasteiger partial charge in [-0.25, -0.2) is 4.98 Å².